The number of hydrogen-bond acceptors (Lipinski definition) is 3. The van der Waals surface area contributed by atoms with Crippen LogP contribution in [0.5, 0.6) is 5.75 Å². The summed E-state index contributed by atoms with van der Waals surface area (Å²) in [7, 11) is 0. The molecule has 0 aliphatic carbocycles. The molecule has 3 N–H and O–H groups in total. The van der Waals surface area contributed by atoms with E-state index in [9.17, 15) is 0 Å². The van der Waals surface area contributed by atoms with Gasteiger partial charge in [-0.25, -0.2) is 0 Å². The van der Waals surface area contributed by atoms with Gasteiger partial charge in [-0.2, -0.15) is 0 Å². The minimum Gasteiger partial charge on any atom is -0.491 e. The molecule has 5 heteroatoms. The molecular formula is C9H15Cl2NO2. The van der Waals surface area contributed by atoms with E-state index in [1.165, 1.54) is 0 Å². The first-order valence-corrected chi connectivity index (χ1v) is 3.89. The summed E-state index contributed by atoms with van der Waals surface area (Å²) in [5.41, 5.74) is 5.21. The molecule has 1 rings (SSSR count). The van der Waals surface area contributed by atoms with Crippen LogP contribution in [0.3, 0.4) is 0 Å². The van der Waals surface area contributed by atoms with E-state index < -0.39 is 6.10 Å². The Hall–Kier alpha value is -0.480. The SMILES string of the molecule is Cl.Cl.NCC(O)COc1ccccc1. The third-order valence-corrected chi connectivity index (χ3v) is 1.46. The summed E-state index contributed by atoms with van der Waals surface area (Å²) in [5.74, 6) is 0.755. The number of rotatable bonds is 4. The van der Waals surface area contributed by atoms with Crippen molar-refractivity contribution in [3.63, 3.8) is 0 Å². The first-order chi connectivity index (χ1) is 5.83. The van der Waals surface area contributed by atoms with Crippen LogP contribution in [0.2, 0.25) is 0 Å². The minimum atomic E-state index is -0.579. The van der Waals surface area contributed by atoms with Crippen molar-refractivity contribution in [1.82, 2.24) is 0 Å². The largest absolute Gasteiger partial charge is 0.491 e. The van der Waals surface area contributed by atoms with Gasteiger partial charge < -0.3 is 15.6 Å². The van der Waals surface area contributed by atoms with Crippen LogP contribution in [0.4, 0.5) is 0 Å². The standard InChI is InChI=1S/C9H13NO2.2ClH/c10-6-8(11)7-12-9-4-2-1-3-5-9;;/h1-5,8,11H,6-7,10H2;2*1H. The Morgan fingerprint density at radius 1 is 1.21 bits per heavy atom. The lowest BCUT2D eigenvalue weighted by atomic mass is 10.3. The van der Waals surface area contributed by atoms with Gasteiger partial charge in [-0.05, 0) is 12.1 Å². The van der Waals surface area contributed by atoms with Crippen LogP contribution in [-0.2, 0) is 0 Å². The Labute approximate surface area is 96.1 Å². The van der Waals surface area contributed by atoms with Crippen LogP contribution >= 0.6 is 24.8 Å². The van der Waals surface area contributed by atoms with E-state index in [0.717, 1.165) is 5.75 Å². The quantitative estimate of drug-likeness (QED) is 0.832. The van der Waals surface area contributed by atoms with Crippen LogP contribution in [0, 0.1) is 0 Å². The van der Waals surface area contributed by atoms with E-state index in [-0.39, 0.29) is 38.0 Å². The molecule has 1 unspecified atom stereocenters. The van der Waals surface area contributed by atoms with Crippen molar-refractivity contribution in [2.45, 2.75) is 6.10 Å². The van der Waals surface area contributed by atoms with Crippen molar-refractivity contribution in [3.8, 4) is 5.75 Å². The zero-order valence-electron chi connectivity index (χ0n) is 7.63. The fourth-order valence-electron chi connectivity index (χ4n) is 0.777. The van der Waals surface area contributed by atoms with Gasteiger partial charge in [0.25, 0.3) is 0 Å². The number of aliphatic hydroxyl groups excluding tert-OH is 1. The number of para-hydroxylation sites is 1. The van der Waals surface area contributed by atoms with Crippen LogP contribution in [-0.4, -0.2) is 24.4 Å². The second-order valence-electron chi connectivity index (χ2n) is 2.51. The van der Waals surface area contributed by atoms with Crippen molar-refractivity contribution in [3.05, 3.63) is 30.3 Å². The van der Waals surface area contributed by atoms with E-state index in [0.29, 0.717) is 0 Å². The minimum absolute atomic E-state index is 0. The smallest absolute Gasteiger partial charge is 0.119 e. The molecular weight excluding hydrogens is 225 g/mol. The van der Waals surface area contributed by atoms with Crippen molar-refractivity contribution >= 4 is 24.8 Å². The molecule has 0 saturated heterocycles. The number of halogens is 2. The Bertz CT molecular complexity index is 221. The van der Waals surface area contributed by atoms with Gasteiger partial charge in [0.15, 0.2) is 0 Å². The van der Waals surface area contributed by atoms with E-state index in [1.54, 1.807) is 0 Å². The number of hydrogen-bond donors (Lipinski definition) is 2. The zero-order chi connectivity index (χ0) is 8.81. The number of nitrogens with two attached hydrogens (primary N) is 1. The Kier molecular flexibility index (Phi) is 10.4. The summed E-state index contributed by atoms with van der Waals surface area (Å²) in [6, 6.07) is 9.34. The third kappa shape index (κ3) is 6.05. The van der Waals surface area contributed by atoms with Gasteiger partial charge in [0.2, 0.25) is 0 Å². The lowest BCUT2D eigenvalue weighted by Crippen LogP contribution is -2.26. The maximum atomic E-state index is 9.07. The average molecular weight is 240 g/mol. The fourth-order valence-corrected chi connectivity index (χ4v) is 0.777. The first kappa shape index (κ1) is 16.0. The normalized spacial score (nSPS) is 10.7. The van der Waals surface area contributed by atoms with Gasteiger partial charge in [0.05, 0.1) is 0 Å². The molecule has 1 aromatic rings. The summed E-state index contributed by atoms with van der Waals surface area (Å²) in [5, 5.41) is 9.07. The van der Waals surface area contributed by atoms with Crippen molar-refractivity contribution in [2.75, 3.05) is 13.2 Å². The summed E-state index contributed by atoms with van der Waals surface area (Å²) < 4.78 is 5.23. The van der Waals surface area contributed by atoms with E-state index >= 15 is 0 Å². The molecule has 0 radical (unpaired) electrons. The number of benzene rings is 1. The predicted molar refractivity (Wildman–Crippen MR) is 61.5 cm³/mol. The Balaban J connectivity index is 0. The van der Waals surface area contributed by atoms with Gasteiger partial charge in [0.1, 0.15) is 18.5 Å². The average Bonchev–Trinajstić information content (AvgIpc) is 2.16. The van der Waals surface area contributed by atoms with Gasteiger partial charge in [-0.15, -0.1) is 24.8 Å². The maximum absolute atomic E-state index is 9.07. The molecule has 1 atom stereocenters. The summed E-state index contributed by atoms with van der Waals surface area (Å²) >= 11 is 0. The molecule has 0 amide bonds. The Morgan fingerprint density at radius 3 is 2.29 bits per heavy atom. The summed E-state index contributed by atoms with van der Waals surface area (Å²) in [6.07, 6.45) is -0.579. The van der Waals surface area contributed by atoms with Crippen molar-refractivity contribution < 1.29 is 9.84 Å². The zero-order valence-corrected chi connectivity index (χ0v) is 9.26. The monoisotopic (exact) mass is 239 g/mol. The van der Waals surface area contributed by atoms with Gasteiger partial charge in [-0.1, -0.05) is 18.2 Å². The highest BCUT2D eigenvalue weighted by Crippen LogP contribution is 2.07. The molecule has 82 valence electrons. The predicted octanol–water partition coefficient (Wildman–Crippen LogP) is 1.23. The molecule has 0 aromatic heterocycles. The third-order valence-electron chi connectivity index (χ3n) is 1.46. The highest BCUT2D eigenvalue weighted by atomic mass is 35.5. The van der Waals surface area contributed by atoms with Gasteiger partial charge >= 0.3 is 0 Å². The highest BCUT2D eigenvalue weighted by molar-refractivity contribution is 5.85. The molecule has 0 heterocycles. The molecule has 0 saturated carbocycles. The van der Waals surface area contributed by atoms with E-state index in [1.807, 2.05) is 30.3 Å². The molecule has 0 spiro atoms. The fraction of sp³-hybridized carbons (Fsp3) is 0.333. The number of aliphatic hydroxyl groups is 1. The second kappa shape index (κ2) is 9.09. The lowest BCUT2D eigenvalue weighted by molar-refractivity contribution is 0.114. The van der Waals surface area contributed by atoms with Crippen LogP contribution in [0.15, 0.2) is 30.3 Å². The maximum Gasteiger partial charge on any atom is 0.119 e. The van der Waals surface area contributed by atoms with Crippen molar-refractivity contribution in [1.29, 1.82) is 0 Å². The van der Waals surface area contributed by atoms with Crippen molar-refractivity contribution in [2.24, 2.45) is 5.73 Å². The van der Waals surface area contributed by atoms with Crippen LogP contribution < -0.4 is 10.5 Å². The van der Waals surface area contributed by atoms with Gasteiger partial charge in [0, 0.05) is 6.54 Å². The van der Waals surface area contributed by atoms with E-state index in [4.69, 9.17) is 15.6 Å². The molecule has 0 aliphatic heterocycles. The van der Waals surface area contributed by atoms with Crippen LogP contribution in [0.1, 0.15) is 0 Å². The molecule has 0 aliphatic rings. The molecule has 0 fully saturated rings. The van der Waals surface area contributed by atoms with E-state index in [2.05, 4.69) is 0 Å². The summed E-state index contributed by atoms with van der Waals surface area (Å²) in [6.45, 7) is 0.480. The molecule has 1 aromatic carbocycles. The molecule has 3 nitrogen and oxygen atoms in total. The van der Waals surface area contributed by atoms with Gasteiger partial charge in [-0.3, -0.25) is 0 Å². The Morgan fingerprint density at radius 2 is 1.79 bits per heavy atom. The topological polar surface area (TPSA) is 55.5 Å². The molecule has 14 heavy (non-hydrogen) atoms. The first-order valence-electron chi connectivity index (χ1n) is 3.89. The highest BCUT2D eigenvalue weighted by Gasteiger charge is 2.00. The summed E-state index contributed by atoms with van der Waals surface area (Å²) in [4.78, 5) is 0. The molecule has 0 bridgehead atoms. The van der Waals surface area contributed by atoms with Crippen LogP contribution in [0.25, 0.3) is 0 Å². The second-order valence-corrected chi connectivity index (χ2v) is 2.51. The lowest BCUT2D eigenvalue weighted by Gasteiger charge is -2.09. The number of ether oxygens (including phenoxy) is 1.